The van der Waals surface area contributed by atoms with Crippen molar-refractivity contribution in [3.8, 4) is 0 Å². The Hall–Kier alpha value is -2.17. The lowest BCUT2D eigenvalue weighted by Gasteiger charge is -2.31. The number of benzene rings is 1. The molecule has 1 aromatic rings. The van der Waals surface area contributed by atoms with Crippen LogP contribution in [0.1, 0.15) is 53.3 Å². The van der Waals surface area contributed by atoms with Gasteiger partial charge in [0.2, 0.25) is 0 Å². The van der Waals surface area contributed by atoms with E-state index in [-0.39, 0.29) is 0 Å². The first-order valence-electron chi connectivity index (χ1n) is 7.71. The maximum Gasteiger partial charge on any atom is 0.339 e. The van der Waals surface area contributed by atoms with E-state index in [9.17, 15) is 14.4 Å². The zero-order valence-corrected chi connectivity index (χ0v) is 12.4. The summed E-state index contributed by atoms with van der Waals surface area (Å²) >= 11 is 0. The zero-order valence-electron chi connectivity index (χ0n) is 12.4. The van der Waals surface area contributed by atoms with Crippen LogP contribution in [-0.2, 0) is 9.63 Å². The van der Waals surface area contributed by atoms with E-state index in [0.29, 0.717) is 28.0 Å². The minimum Gasteiger partial charge on any atom is -0.329 e. The average molecular weight is 299 g/mol. The highest BCUT2D eigenvalue weighted by Gasteiger charge is 2.55. The SMILES string of the molecule is CC1(C(=O)ON2C(=O)c3ccccc3C2=O)CC2CCC1C2. The molecule has 5 nitrogen and oxygen atoms in total. The molecule has 22 heavy (non-hydrogen) atoms. The summed E-state index contributed by atoms with van der Waals surface area (Å²) in [6, 6.07) is 6.52. The van der Waals surface area contributed by atoms with Crippen LogP contribution in [0.2, 0.25) is 0 Å². The molecule has 3 unspecified atom stereocenters. The fraction of sp³-hybridized carbons (Fsp3) is 0.471. The van der Waals surface area contributed by atoms with E-state index >= 15 is 0 Å². The molecule has 4 rings (SSSR count). The van der Waals surface area contributed by atoms with E-state index in [0.717, 1.165) is 19.3 Å². The minimum absolute atomic E-state index is 0.290. The van der Waals surface area contributed by atoms with Crippen LogP contribution in [0.25, 0.3) is 0 Å². The molecule has 2 aliphatic carbocycles. The molecule has 5 heteroatoms. The summed E-state index contributed by atoms with van der Waals surface area (Å²) < 4.78 is 0. The van der Waals surface area contributed by atoms with Gasteiger partial charge in [-0.2, -0.15) is 0 Å². The van der Waals surface area contributed by atoms with Crippen LogP contribution in [0.3, 0.4) is 0 Å². The number of imide groups is 1. The Morgan fingerprint density at radius 3 is 2.32 bits per heavy atom. The molecular weight excluding hydrogens is 282 g/mol. The van der Waals surface area contributed by atoms with Crippen molar-refractivity contribution in [2.24, 2.45) is 17.3 Å². The number of hydrogen-bond acceptors (Lipinski definition) is 4. The summed E-state index contributed by atoms with van der Waals surface area (Å²) in [5.74, 6) is -0.680. The standard InChI is InChI=1S/C17H17NO4/c1-17(9-10-6-7-11(17)8-10)16(21)22-18-14(19)12-4-2-3-5-13(12)15(18)20/h2-5,10-11H,6-9H2,1H3. The number of hydroxylamine groups is 2. The molecule has 0 saturated heterocycles. The van der Waals surface area contributed by atoms with Crippen LogP contribution in [0.15, 0.2) is 24.3 Å². The second-order valence-corrected chi connectivity index (χ2v) is 6.83. The normalized spacial score (nSPS) is 32.5. The maximum absolute atomic E-state index is 12.6. The second-order valence-electron chi connectivity index (χ2n) is 6.83. The van der Waals surface area contributed by atoms with Crippen molar-refractivity contribution in [2.45, 2.75) is 32.6 Å². The first kappa shape index (κ1) is 13.5. The van der Waals surface area contributed by atoms with E-state index < -0.39 is 23.2 Å². The maximum atomic E-state index is 12.6. The summed E-state index contributed by atoms with van der Waals surface area (Å²) in [4.78, 5) is 42.3. The van der Waals surface area contributed by atoms with Crippen LogP contribution >= 0.6 is 0 Å². The van der Waals surface area contributed by atoms with Gasteiger partial charge in [-0.05, 0) is 50.2 Å². The molecular formula is C17H17NO4. The van der Waals surface area contributed by atoms with Crippen molar-refractivity contribution in [1.29, 1.82) is 0 Å². The van der Waals surface area contributed by atoms with Gasteiger partial charge in [-0.1, -0.05) is 23.6 Å². The lowest BCUT2D eigenvalue weighted by molar-refractivity contribution is -0.183. The van der Waals surface area contributed by atoms with Crippen molar-refractivity contribution in [1.82, 2.24) is 5.06 Å². The van der Waals surface area contributed by atoms with Crippen LogP contribution in [0, 0.1) is 17.3 Å². The average Bonchev–Trinajstić information content (AvgIpc) is 3.17. The van der Waals surface area contributed by atoms with Crippen LogP contribution < -0.4 is 0 Å². The Labute approximate surface area is 128 Å². The van der Waals surface area contributed by atoms with Gasteiger partial charge in [-0.15, -0.1) is 0 Å². The van der Waals surface area contributed by atoms with Gasteiger partial charge in [0.1, 0.15) is 0 Å². The highest BCUT2D eigenvalue weighted by molar-refractivity contribution is 6.20. The molecule has 2 bridgehead atoms. The van der Waals surface area contributed by atoms with Crippen molar-refractivity contribution in [2.75, 3.05) is 0 Å². The highest BCUT2D eigenvalue weighted by atomic mass is 16.7. The summed E-state index contributed by atoms with van der Waals surface area (Å²) in [5.41, 5.74) is 0.00918. The number of hydrogen-bond donors (Lipinski definition) is 0. The van der Waals surface area contributed by atoms with Crippen molar-refractivity contribution in [3.05, 3.63) is 35.4 Å². The summed E-state index contributed by atoms with van der Waals surface area (Å²) in [6.07, 6.45) is 4.03. The number of carbonyl (C=O) groups is 3. The van der Waals surface area contributed by atoms with Gasteiger partial charge in [-0.3, -0.25) is 9.59 Å². The largest absolute Gasteiger partial charge is 0.339 e. The van der Waals surface area contributed by atoms with Crippen LogP contribution in [0.5, 0.6) is 0 Å². The third kappa shape index (κ3) is 1.68. The van der Waals surface area contributed by atoms with Gasteiger partial charge in [0, 0.05) is 0 Å². The lowest BCUT2D eigenvalue weighted by Crippen LogP contribution is -2.41. The smallest absolute Gasteiger partial charge is 0.329 e. The Bertz CT molecular complexity index is 663. The molecule has 2 amide bonds. The Balaban J connectivity index is 1.57. The molecule has 1 aliphatic heterocycles. The first-order chi connectivity index (χ1) is 10.5. The molecule has 0 N–H and O–H groups in total. The first-order valence-corrected chi connectivity index (χ1v) is 7.71. The van der Waals surface area contributed by atoms with Gasteiger partial charge in [0.15, 0.2) is 0 Å². The van der Waals surface area contributed by atoms with Crippen molar-refractivity contribution < 1.29 is 19.2 Å². The molecule has 0 aromatic heterocycles. The topological polar surface area (TPSA) is 63.7 Å². The third-order valence-electron chi connectivity index (χ3n) is 5.55. The molecule has 114 valence electrons. The van der Waals surface area contributed by atoms with Crippen LogP contribution in [0.4, 0.5) is 0 Å². The van der Waals surface area contributed by atoms with Crippen LogP contribution in [-0.4, -0.2) is 22.8 Å². The minimum atomic E-state index is -0.571. The quantitative estimate of drug-likeness (QED) is 0.787. The lowest BCUT2D eigenvalue weighted by atomic mass is 9.75. The zero-order chi connectivity index (χ0) is 15.5. The van der Waals surface area contributed by atoms with Gasteiger partial charge in [0.25, 0.3) is 11.8 Å². The van der Waals surface area contributed by atoms with E-state index in [1.807, 2.05) is 6.92 Å². The van der Waals surface area contributed by atoms with E-state index in [1.165, 1.54) is 6.42 Å². The van der Waals surface area contributed by atoms with Crippen molar-refractivity contribution >= 4 is 17.8 Å². The summed E-state index contributed by atoms with van der Waals surface area (Å²) in [6.45, 7) is 1.90. The molecule has 1 aromatic carbocycles. The Morgan fingerprint density at radius 2 is 1.82 bits per heavy atom. The summed E-state index contributed by atoms with van der Waals surface area (Å²) in [7, 11) is 0. The fourth-order valence-corrected chi connectivity index (χ4v) is 4.29. The number of fused-ring (bicyclic) bond motifs is 3. The number of rotatable bonds is 2. The van der Waals surface area contributed by atoms with Gasteiger partial charge in [-0.25, -0.2) is 4.79 Å². The van der Waals surface area contributed by atoms with Gasteiger partial charge < -0.3 is 4.84 Å². The number of nitrogens with zero attached hydrogens (tertiary/aromatic N) is 1. The summed E-state index contributed by atoms with van der Waals surface area (Å²) in [5, 5.41) is 0.629. The highest BCUT2D eigenvalue weighted by Crippen LogP contribution is 2.56. The molecule has 2 fully saturated rings. The predicted molar refractivity (Wildman–Crippen MR) is 76.6 cm³/mol. The molecule has 3 aliphatic rings. The molecule has 1 heterocycles. The van der Waals surface area contributed by atoms with E-state index in [2.05, 4.69) is 0 Å². The number of carbonyl (C=O) groups excluding carboxylic acids is 3. The van der Waals surface area contributed by atoms with E-state index in [1.54, 1.807) is 24.3 Å². The molecule has 3 atom stereocenters. The monoisotopic (exact) mass is 299 g/mol. The Kier molecular flexibility index (Phi) is 2.71. The molecule has 0 radical (unpaired) electrons. The second kappa shape index (κ2) is 4.41. The number of amides is 2. The molecule has 0 spiro atoms. The van der Waals surface area contributed by atoms with E-state index in [4.69, 9.17) is 4.84 Å². The predicted octanol–water partition coefficient (Wildman–Crippen LogP) is 2.57. The fourth-order valence-electron chi connectivity index (χ4n) is 4.29. The third-order valence-corrected chi connectivity index (χ3v) is 5.55. The van der Waals surface area contributed by atoms with Gasteiger partial charge in [0.05, 0.1) is 16.5 Å². The van der Waals surface area contributed by atoms with Gasteiger partial charge >= 0.3 is 5.97 Å². The Morgan fingerprint density at radius 1 is 1.18 bits per heavy atom. The van der Waals surface area contributed by atoms with Crippen molar-refractivity contribution in [3.63, 3.8) is 0 Å². The molecule has 2 saturated carbocycles.